The number of benzene rings is 2. The van der Waals surface area contributed by atoms with Crippen LogP contribution in [0.5, 0.6) is 0 Å². The molecule has 8 heteroatoms. The largest absolute Gasteiger partial charge is 0.399 e. The lowest BCUT2D eigenvalue weighted by Gasteiger charge is -2.08. The quantitative estimate of drug-likeness (QED) is 0.734. The second kappa shape index (κ2) is 5.31. The Morgan fingerprint density at radius 3 is 2.76 bits per heavy atom. The molecule has 0 unspecified atom stereocenters. The van der Waals surface area contributed by atoms with E-state index in [0.29, 0.717) is 16.4 Å². The first-order valence-electron chi connectivity index (χ1n) is 5.86. The number of nitrogen functional groups attached to an aromatic ring is 1. The molecule has 1 heterocycles. The molecule has 1 aromatic heterocycles. The number of rotatable bonds is 2. The molecule has 5 nitrogen and oxygen atoms in total. The molecule has 0 spiro atoms. The van der Waals surface area contributed by atoms with Gasteiger partial charge in [-0.2, -0.15) is 4.68 Å². The molecule has 21 heavy (non-hydrogen) atoms. The number of hydrogen-bond acceptors (Lipinski definition) is 4. The summed E-state index contributed by atoms with van der Waals surface area (Å²) < 4.78 is 15.3. The zero-order valence-corrected chi connectivity index (χ0v) is 12.0. The van der Waals surface area contributed by atoms with E-state index < -0.39 is 5.82 Å². The van der Waals surface area contributed by atoms with Gasteiger partial charge in [0.05, 0.1) is 21.3 Å². The number of aromatic nitrogens is 4. The molecule has 0 aliphatic heterocycles. The lowest BCUT2D eigenvalue weighted by Crippen LogP contribution is -2.02. The summed E-state index contributed by atoms with van der Waals surface area (Å²) in [6, 6.07) is 9.18. The van der Waals surface area contributed by atoms with Crippen LogP contribution in [0.3, 0.4) is 0 Å². The minimum atomic E-state index is -0.488. The summed E-state index contributed by atoms with van der Waals surface area (Å²) in [5.41, 5.74) is 6.71. The Balaban J connectivity index is 2.22. The highest BCUT2D eigenvalue weighted by Crippen LogP contribution is 2.31. The topological polar surface area (TPSA) is 69.6 Å². The molecule has 2 aromatic carbocycles. The molecule has 0 aliphatic carbocycles. The molecule has 0 radical (unpaired) electrons. The summed E-state index contributed by atoms with van der Waals surface area (Å²) >= 11 is 12.1. The van der Waals surface area contributed by atoms with Crippen LogP contribution in [0.2, 0.25) is 10.0 Å². The smallest absolute Gasteiger partial charge is 0.190 e. The third-order valence-corrected chi connectivity index (χ3v) is 3.67. The molecule has 0 aliphatic rings. The lowest BCUT2D eigenvalue weighted by molar-refractivity contribution is 0.629. The minimum Gasteiger partial charge on any atom is -0.399 e. The summed E-state index contributed by atoms with van der Waals surface area (Å²) in [6.45, 7) is 0. The summed E-state index contributed by atoms with van der Waals surface area (Å²) in [6.07, 6.45) is 0. The van der Waals surface area contributed by atoms with Crippen LogP contribution in [0.25, 0.3) is 17.1 Å². The van der Waals surface area contributed by atoms with Gasteiger partial charge in [0.1, 0.15) is 5.82 Å². The lowest BCUT2D eigenvalue weighted by atomic mass is 10.1. The van der Waals surface area contributed by atoms with Crippen molar-refractivity contribution in [3.63, 3.8) is 0 Å². The maximum atomic E-state index is 14.0. The summed E-state index contributed by atoms with van der Waals surface area (Å²) in [5, 5.41) is 11.9. The molecular weight excluding hydrogens is 316 g/mol. The van der Waals surface area contributed by atoms with Gasteiger partial charge in [0.15, 0.2) is 5.82 Å². The highest BCUT2D eigenvalue weighted by atomic mass is 35.5. The number of anilines is 1. The maximum Gasteiger partial charge on any atom is 0.190 e. The summed E-state index contributed by atoms with van der Waals surface area (Å²) in [5.74, 6) is -0.303. The van der Waals surface area contributed by atoms with Gasteiger partial charge in [0, 0.05) is 5.69 Å². The van der Waals surface area contributed by atoms with E-state index in [4.69, 9.17) is 28.9 Å². The first kappa shape index (κ1) is 13.8. The minimum absolute atomic E-state index is 0.177. The SMILES string of the molecule is Nc1ccc(F)c(-c2nnnn2-c2cccc(Cl)c2Cl)c1. The van der Waals surface area contributed by atoms with Crippen LogP contribution < -0.4 is 5.73 Å². The molecule has 0 bridgehead atoms. The van der Waals surface area contributed by atoms with E-state index in [2.05, 4.69) is 15.5 Å². The van der Waals surface area contributed by atoms with Crippen LogP contribution >= 0.6 is 23.2 Å². The van der Waals surface area contributed by atoms with Gasteiger partial charge in [0.25, 0.3) is 0 Å². The zero-order chi connectivity index (χ0) is 15.0. The first-order chi connectivity index (χ1) is 10.1. The molecule has 3 rings (SSSR count). The van der Waals surface area contributed by atoms with Gasteiger partial charge >= 0.3 is 0 Å². The average molecular weight is 324 g/mol. The molecule has 0 saturated heterocycles. The Hall–Kier alpha value is -2.18. The van der Waals surface area contributed by atoms with Gasteiger partial charge < -0.3 is 5.73 Å². The van der Waals surface area contributed by atoms with E-state index in [0.717, 1.165) is 0 Å². The van der Waals surface area contributed by atoms with E-state index >= 15 is 0 Å². The summed E-state index contributed by atoms with van der Waals surface area (Å²) in [4.78, 5) is 0. The van der Waals surface area contributed by atoms with Gasteiger partial charge in [-0.15, -0.1) is 5.10 Å². The fourth-order valence-corrected chi connectivity index (χ4v) is 2.26. The van der Waals surface area contributed by atoms with Crippen molar-refractivity contribution in [3.8, 4) is 17.1 Å². The van der Waals surface area contributed by atoms with E-state index in [1.807, 2.05) is 0 Å². The fraction of sp³-hybridized carbons (Fsp3) is 0. The van der Waals surface area contributed by atoms with Gasteiger partial charge in [-0.1, -0.05) is 29.3 Å². The number of nitrogens with zero attached hydrogens (tertiary/aromatic N) is 4. The Kier molecular flexibility index (Phi) is 3.48. The maximum absolute atomic E-state index is 14.0. The Bertz CT molecular complexity index is 802. The van der Waals surface area contributed by atoms with Crippen molar-refractivity contribution in [2.75, 3.05) is 5.73 Å². The number of halogens is 3. The van der Waals surface area contributed by atoms with Crippen molar-refractivity contribution in [1.82, 2.24) is 20.2 Å². The molecule has 106 valence electrons. The van der Waals surface area contributed by atoms with Crippen molar-refractivity contribution in [3.05, 3.63) is 52.3 Å². The summed E-state index contributed by atoms with van der Waals surface area (Å²) in [7, 11) is 0. The van der Waals surface area contributed by atoms with Crippen molar-refractivity contribution >= 4 is 28.9 Å². The molecule has 3 aromatic rings. The van der Waals surface area contributed by atoms with Gasteiger partial charge in [0.2, 0.25) is 0 Å². The van der Waals surface area contributed by atoms with Crippen LogP contribution in [0.4, 0.5) is 10.1 Å². The first-order valence-corrected chi connectivity index (χ1v) is 6.61. The predicted octanol–water partition coefficient (Wildman–Crippen LogP) is 3.36. The Morgan fingerprint density at radius 1 is 1.14 bits per heavy atom. The number of tetrazole rings is 1. The van der Waals surface area contributed by atoms with Gasteiger partial charge in [-0.25, -0.2) is 4.39 Å². The Labute approximate surface area is 129 Å². The van der Waals surface area contributed by atoms with Crippen LogP contribution in [-0.2, 0) is 0 Å². The van der Waals surface area contributed by atoms with E-state index in [1.165, 1.54) is 22.9 Å². The number of hydrogen-bond donors (Lipinski definition) is 1. The Morgan fingerprint density at radius 2 is 1.95 bits per heavy atom. The molecule has 0 atom stereocenters. The van der Waals surface area contributed by atoms with Crippen molar-refractivity contribution in [2.45, 2.75) is 0 Å². The molecule has 0 fully saturated rings. The van der Waals surface area contributed by atoms with Crippen LogP contribution in [0, 0.1) is 5.82 Å². The van der Waals surface area contributed by atoms with Crippen LogP contribution in [0.1, 0.15) is 0 Å². The van der Waals surface area contributed by atoms with Crippen molar-refractivity contribution in [1.29, 1.82) is 0 Å². The fourth-order valence-electron chi connectivity index (χ4n) is 1.89. The second-order valence-corrected chi connectivity index (χ2v) is 5.01. The normalized spacial score (nSPS) is 10.8. The molecular formula is C13H8Cl2FN5. The molecule has 0 saturated carbocycles. The van der Waals surface area contributed by atoms with E-state index in [1.54, 1.807) is 18.2 Å². The molecule has 2 N–H and O–H groups in total. The van der Waals surface area contributed by atoms with Crippen molar-refractivity contribution in [2.24, 2.45) is 0 Å². The standard InChI is InChI=1S/C13H8Cl2FN5/c14-9-2-1-3-11(12(9)15)21-13(18-19-20-21)8-6-7(17)4-5-10(8)16/h1-6H,17H2. The average Bonchev–Trinajstić information content (AvgIpc) is 2.93. The highest BCUT2D eigenvalue weighted by Gasteiger charge is 2.17. The van der Waals surface area contributed by atoms with Gasteiger partial charge in [-0.05, 0) is 40.8 Å². The van der Waals surface area contributed by atoms with E-state index in [9.17, 15) is 4.39 Å². The van der Waals surface area contributed by atoms with Crippen LogP contribution in [0.15, 0.2) is 36.4 Å². The second-order valence-electron chi connectivity index (χ2n) is 4.23. The molecule has 0 amide bonds. The third kappa shape index (κ3) is 2.43. The van der Waals surface area contributed by atoms with Gasteiger partial charge in [-0.3, -0.25) is 0 Å². The highest BCUT2D eigenvalue weighted by molar-refractivity contribution is 6.43. The monoisotopic (exact) mass is 323 g/mol. The van der Waals surface area contributed by atoms with Crippen LogP contribution in [-0.4, -0.2) is 20.2 Å². The third-order valence-electron chi connectivity index (χ3n) is 2.86. The number of nitrogens with two attached hydrogens (primary N) is 1. The predicted molar refractivity (Wildman–Crippen MR) is 79.0 cm³/mol. The van der Waals surface area contributed by atoms with E-state index in [-0.39, 0.29) is 16.4 Å². The zero-order valence-electron chi connectivity index (χ0n) is 10.5. The van der Waals surface area contributed by atoms with Crippen molar-refractivity contribution < 1.29 is 4.39 Å².